The maximum atomic E-state index is 12.8. The third kappa shape index (κ3) is 3.79. The van der Waals surface area contributed by atoms with Crippen molar-refractivity contribution in [3.63, 3.8) is 0 Å². The van der Waals surface area contributed by atoms with Crippen LogP contribution in [0.25, 0.3) is 10.2 Å². The van der Waals surface area contributed by atoms with Gasteiger partial charge in [0.1, 0.15) is 10.5 Å². The Kier molecular flexibility index (Phi) is 4.76. The quantitative estimate of drug-likeness (QED) is 0.864. The van der Waals surface area contributed by atoms with Gasteiger partial charge in [-0.05, 0) is 56.0 Å². The van der Waals surface area contributed by atoms with Crippen LogP contribution in [0, 0.1) is 12.3 Å². The zero-order chi connectivity index (χ0) is 18.2. The SMILES string of the molecule is Cc1c(C(=O)NCC2(C)CCNCC2)sc2nc(C(F)(F)F)ccc12. The number of carbonyl (C=O) groups is 1. The van der Waals surface area contributed by atoms with Gasteiger partial charge in [0, 0.05) is 11.9 Å². The zero-order valence-electron chi connectivity index (χ0n) is 14.1. The van der Waals surface area contributed by atoms with E-state index in [4.69, 9.17) is 0 Å². The molecule has 3 heterocycles. The van der Waals surface area contributed by atoms with Gasteiger partial charge in [-0.1, -0.05) is 6.92 Å². The molecule has 3 rings (SSSR count). The lowest BCUT2D eigenvalue weighted by Gasteiger charge is -2.34. The van der Waals surface area contributed by atoms with Crippen molar-refractivity contribution >= 4 is 27.5 Å². The monoisotopic (exact) mass is 371 g/mol. The first-order valence-corrected chi connectivity index (χ1v) is 8.98. The lowest BCUT2D eigenvalue weighted by atomic mass is 9.81. The van der Waals surface area contributed by atoms with Crippen LogP contribution in [0.5, 0.6) is 0 Å². The van der Waals surface area contributed by atoms with Gasteiger partial charge in [0.25, 0.3) is 5.91 Å². The van der Waals surface area contributed by atoms with Gasteiger partial charge in [-0.3, -0.25) is 4.79 Å². The molecule has 0 bridgehead atoms. The van der Waals surface area contributed by atoms with Crippen molar-refractivity contribution in [1.29, 1.82) is 0 Å². The summed E-state index contributed by atoms with van der Waals surface area (Å²) in [4.78, 5) is 16.9. The van der Waals surface area contributed by atoms with Crippen molar-refractivity contribution in [2.24, 2.45) is 5.41 Å². The Labute approximate surface area is 147 Å². The first kappa shape index (κ1) is 18.1. The number of thiophene rings is 1. The van der Waals surface area contributed by atoms with Gasteiger partial charge in [0.05, 0.1) is 4.88 Å². The summed E-state index contributed by atoms with van der Waals surface area (Å²) >= 11 is 1.01. The molecular weight excluding hydrogens is 351 g/mol. The molecule has 0 atom stereocenters. The number of rotatable bonds is 3. The van der Waals surface area contributed by atoms with Crippen molar-refractivity contribution in [2.75, 3.05) is 19.6 Å². The third-order valence-electron chi connectivity index (χ3n) is 4.79. The predicted molar refractivity (Wildman–Crippen MR) is 91.9 cm³/mol. The van der Waals surface area contributed by atoms with Crippen molar-refractivity contribution in [3.05, 3.63) is 28.3 Å². The topological polar surface area (TPSA) is 54.0 Å². The van der Waals surface area contributed by atoms with Gasteiger partial charge in [-0.2, -0.15) is 13.2 Å². The molecule has 1 aliphatic rings. The fourth-order valence-corrected chi connectivity index (χ4v) is 4.15. The number of fused-ring (bicyclic) bond motifs is 1. The highest BCUT2D eigenvalue weighted by Crippen LogP contribution is 2.34. The summed E-state index contributed by atoms with van der Waals surface area (Å²) in [6.45, 7) is 6.30. The molecule has 8 heteroatoms. The number of amides is 1. The Bertz CT molecular complexity index is 794. The first-order valence-electron chi connectivity index (χ1n) is 8.16. The molecule has 1 aliphatic heterocycles. The zero-order valence-corrected chi connectivity index (χ0v) is 14.9. The fraction of sp³-hybridized carbons (Fsp3) is 0.529. The van der Waals surface area contributed by atoms with Crippen molar-refractivity contribution in [2.45, 2.75) is 32.9 Å². The van der Waals surface area contributed by atoms with Crippen LogP contribution in [0.4, 0.5) is 13.2 Å². The van der Waals surface area contributed by atoms with Crippen molar-refractivity contribution in [3.8, 4) is 0 Å². The number of piperidine rings is 1. The highest BCUT2D eigenvalue weighted by Gasteiger charge is 2.33. The molecule has 136 valence electrons. The number of nitrogens with zero attached hydrogens (tertiary/aromatic N) is 1. The smallest absolute Gasteiger partial charge is 0.351 e. The molecule has 0 saturated carbocycles. The van der Waals surface area contributed by atoms with E-state index < -0.39 is 11.9 Å². The van der Waals surface area contributed by atoms with Crippen LogP contribution in [0.2, 0.25) is 0 Å². The molecule has 0 unspecified atom stereocenters. The fourth-order valence-electron chi connectivity index (χ4n) is 3.05. The van der Waals surface area contributed by atoms with Crippen LogP contribution < -0.4 is 10.6 Å². The number of pyridine rings is 1. The summed E-state index contributed by atoms with van der Waals surface area (Å²) in [6, 6.07) is 2.35. The average molecular weight is 371 g/mol. The van der Waals surface area contributed by atoms with Crippen LogP contribution >= 0.6 is 11.3 Å². The van der Waals surface area contributed by atoms with E-state index >= 15 is 0 Å². The Morgan fingerprint density at radius 2 is 2.04 bits per heavy atom. The third-order valence-corrected chi connectivity index (χ3v) is 5.99. The second kappa shape index (κ2) is 6.57. The van der Waals surface area contributed by atoms with Crippen LogP contribution in [0.1, 0.15) is 40.7 Å². The largest absolute Gasteiger partial charge is 0.433 e. The molecule has 1 fully saturated rings. The highest BCUT2D eigenvalue weighted by atomic mass is 32.1. The number of halogens is 3. The lowest BCUT2D eigenvalue weighted by molar-refractivity contribution is -0.140. The summed E-state index contributed by atoms with van der Waals surface area (Å²) < 4.78 is 38.4. The van der Waals surface area contributed by atoms with Gasteiger partial charge in [0.2, 0.25) is 0 Å². The summed E-state index contributed by atoms with van der Waals surface area (Å²) in [5, 5.41) is 6.84. The normalized spacial score (nSPS) is 17.6. The molecule has 2 N–H and O–H groups in total. The van der Waals surface area contributed by atoms with Crippen molar-refractivity contribution < 1.29 is 18.0 Å². The minimum atomic E-state index is -4.49. The minimum absolute atomic E-state index is 0.0488. The van der Waals surface area contributed by atoms with Gasteiger partial charge in [-0.25, -0.2) is 4.98 Å². The molecule has 0 radical (unpaired) electrons. The van der Waals surface area contributed by atoms with Gasteiger partial charge >= 0.3 is 6.18 Å². The number of aryl methyl sites for hydroxylation is 1. The maximum Gasteiger partial charge on any atom is 0.433 e. The van der Waals surface area contributed by atoms with Crippen LogP contribution in [-0.2, 0) is 6.18 Å². The van der Waals surface area contributed by atoms with E-state index in [9.17, 15) is 18.0 Å². The van der Waals surface area contributed by atoms with E-state index in [2.05, 4.69) is 22.5 Å². The van der Waals surface area contributed by atoms with Crippen molar-refractivity contribution in [1.82, 2.24) is 15.6 Å². The van der Waals surface area contributed by atoms with E-state index in [0.717, 1.165) is 43.3 Å². The number of carbonyl (C=O) groups excluding carboxylic acids is 1. The second-order valence-electron chi connectivity index (χ2n) is 6.85. The summed E-state index contributed by atoms with van der Waals surface area (Å²) in [5.74, 6) is -0.242. The molecule has 0 spiro atoms. The molecule has 2 aromatic heterocycles. The Morgan fingerprint density at radius 3 is 2.68 bits per heavy atom. The summed E-state index contributed by atoms with van der Waals surface area (Å²) in [5.41, 5.74) is -0.211. The van der Waals surface area contributed by atoms with Crippen LogP contribution in [-0.4, -0.2) is 30.5 Å². The van der Waals surface area contributed by atoms with Crippen LogP contribution in [0.3, 0.4) is 0 Å². The molecule has 0 aliphatic carbocycles. The summed E-state index contributed by atoms with van der Waals surface area (Å²) in [6.07, 6.45) is -2.53. The lowest BCUT2D eigenvalue weighted by Crippen LogP contribution is -2.42. The molecule has 2 aromatic rings. The molecule has 1 saturated heterocycles. The van der Waals surface area contributed by atoms with E-state index in [1.54, 1.807) is 6.92 Å². The Morgan fingerprint density at radius 1 is 1.36 bits per heavy atom. The van der Waals surface area contributed by atoms with Gasteiger partial charge in [-0.15, -0.1) is 11.3 Å². The predicted octanol–water partition coefficient (Wildman–Crippen LogP) is 3.74. The van der Waals surface area contributed by atoms with Gasteiger partial charge < -0.3 is 10.6 Å². The minimum Gasteiger partial charge on any atom is -0.351 e. The Balaban J connectivity index is 1.80. The molecule has 4 nitrogen and oxygen atoms in total. The molecule has 25 heavy (non-hydrogen) atoms. The van der Waals surface area contributed by atoms with E-state index in [1.807, 2.05) is 0 Å². The number of nitrogens with one attached hydrogen (secondary N) is 2. The Hall–Kier alpha value is -1.67. The number of hydrogen-bond donors (Lipinski definition) is 2. The summed E-state index contributed by atoms with van der Waals surface area (Å²) in [7, 11) is 0. The standard InChI is InChI=1S/C17H20F3N3OS/c1-10-11-3-4-12(17(18,19)20)23-15(11)25-13(10)14(24)22-9-16(2)5-7-21-8-6-16/h3-4,21H,5-9H2,1-2H3,(H,22,24). The van der Waals surface area contributed by atoms with E-state index in [0.29, 0.717) is 22.4 Å². The van der Waals surface area contributed by atoms with E-state index in [-0.39, 0.29) is 16.2 Å². The molecular formula is C17H20F3N3OS. The number of aromatic nitrogens is 1. The second-order valence-corrected chi connectivity index (χ2v) is 7.85. The van der Waals surface area contributed by atoms with Gasteiger partial charge in [0.15, 0.2) is 0 Å². The number of alkyl halides is 3. The highest BCUT2D eigenvalue weighted by molar-refractivity contribution is 7.20. The molecule has 1 amide bonds. The first-order chi connectivity index (χ1) is 11.7. The van der Waals surface area contributed by atoms with Crippen LogP contribution in [0.15, 0.2) is 12.1 Å². The van der Waals surface area contributed by atoms with E-state index in [1.165, 1.54) is 6.07 Å². The maximum absolute atomic E-state index is 12.8. The number of hydrogen-bond acceptors (Lipinski definition) is 4. The average Bonchev–Trinajstić information content (AvgIpc) is 2.89. The molecule has 0 aromatic carbocycles.